The normalized spacial score (nSPS) is 11.7. The Morgan fingerprint density at radius 2 is 1.90 bits per heavy atom. The van der Waals surface area contributed by atoms with E-state index >= 15 is 0 Å². The molecule has 7 nitrogen and oxygen atoms in total. The Balaban J connectivity index is 1.73. The summed E-state index contributed by atoms with van der Waals surface area (Å²) in [7, 11) is 0. The molecule has 0 saturated heterocycles. The maximum atomic E-state index is 12.5. The average molecular weight is 410 g/mol. The molecular weight excluding hydrogens is 388 g/mol. The second-order valence-corrected chi connectivity index (χ2v) is 7.54. The number of aromatic amines is 1. The molecule has 1 amide bonds. The molecule has 0 aliphatic carbocycles. The number of anilines is 2. The summed E-state index contributed by atoms with van der Waals surface area (Å²) in [5.41, 5.74) is 6.86. The van der Waals surface area contributed by atoms with Gasteiger partial charge in [-0.2, -0.15) is 0 Å². The number of nitrogen functional groups attached to an aromatic ring is 1. The van der Waals surface area contributed by atoms with Crippen LogP contribution in [0.25, 0.3) is 0 Å². The Morgan fingerprint density at radius 1 is 1.21 bits per heavy atom. The van der Waals surface area contributed by atoms with Gasteiger partial charge in [0.25, 0.3) is 11.5 Å². The van der Waals surface area contributed by atoms with Crippen molar-refractivity contribution in [1.29, 1.82) is 0 Å². The van der Waals surface area contributed by atoms with Crippen LogP contribution in [0.15, 0.2) is 64.5 Å². The van der Waals surface area contributed by atoms with Gasteiger partial charge in [0.15, 0.2) is 11.0 Å². The number of carbonyl (C=O) groups is 1. The summed E-state index contributed by atoms with van der Waals surface area (Å²) in [4.78, 5) is 31.8. The van der Waals surface area contributed by atoms with Crippen LogP contribution in [0.3, 0.4) is 0 Å². The Kier molecular flexibility index (Phi) is 6.56. The second-order valence-electron chi connectivity index (χ2n) is 6.21. The van der Waals surface area contributed by atoms with Crippen LogP contribution >= 0.6 is 11.8 Å². The van der Waals surface area contributed by atoms with Crippen molar-refractivity contribution in [3.05, 3.63) is 76.1 Å². The topological polar surface area (TPSA) is 110 Å². The van der Waals surface area contributed by atoms with Gasteiger partial charge in [-0.25, -0.2) is 4.98 Å². The van der Waals surface area contributed by atoms with Crippen molar-refractivity contribution in [3.8, 4) is 5.75 Å². The van der Waals surface area contributed by atoms with Crippen molar-refractivity contribution in [3.63, 3.8) is 0 Å². The number of ether oxygens (including phenoxy) is 1. The maximum absolute atomic E-state index is 12.5. The monoisotopic (exact) mass is 410 g/mol. The predicted octanol–water partition coefficient (Wildman–Crippen LogP) is 3.86. The van der Waals surface area contributed by atoms with E-state index in [0.29, 0.717) is 23.1 Å². The van der Waals surface area contributed by atoms with E-state index in [4.69, 9.17) is 10.5 Å². The number of benzene rings is 2. The van der Waals surface area contributed by atoms with Crippen molar-refractivity contribution in [2.75, 3.05) is 17.7 Å². The zero-order chi connectivity index (χ0) is 20.8. The number of H-pyrrole nitrogens is 1. The fourth-order valence-corrected chi connectivity index (χ4v) is 3.59. The highest BCUT2D eigenvalue weighted by Gasteiger charge is 2.16. The number of aromatic nitrogens is 2. The second kappa shape index (κ2) is 9.29. The molecule has 1 heterocycles. The summed E-state index contributed by atoms with van der Waals surface area (Å²) in [6.45, 7) is 4.43. The van der Waals surface area contributed by atoms with Gasteiger partial charge >= 0.3 is 0 Å². The van der Waals surface area contributed by atoms with Crippen LogP contribution in [0.5, 0.6) is 5.75 Å². The van der Waals surface area contributed by atoms with Gasteiger partial charge in [0.1, 0.15) is 11.4 Å². The molecule has 1 atom stereocenters. The van der Waals surface area contributed by atoms with E-state index in [1.165, 1.54) is 11.8 Å². The smallest absolute Gasteiger partial charge is 0.277 e. The number of hydrogen-bond donors (Lipinski definition) is 3. The van der Waals surface area contributed by atoms with E-state index in [2.05, 4.69) is 15.3 Å². The number of carbonyl (C=O) groups excluding carboxylic acids is 1. The molecular formula is C21H22N4O3S. The fourth-order valence-electron chi connectivity index (χ4n) is 2.66. The standard InChI is InChI=1S/C21H22N4O3S/c1-3-28-16-11-9-15(10-12-16)19(26)23-17-18(22)24-21(25-20(17)27)29-13(2)14-7-5-4-6-8-14/h4-13H,3H2,1-2H3,(H,23,26)(H3,22,24,25,27)/t13-/m0/s1. The summed E-state index contributed by atoms with van der Waals surface area (Å²) in [6, 6.07) is 16.5. The van der Waals surface area contributed by atoms with E-state index < -0.39 is 11.5 Å². The minimum atomic E-state index is -0.500. The Morgan fingerprint density at radius 3 is 2.52 bits per heavy atom. The molecule has 29 heavy (non-hydrogen) atoms. The number of nitrogens with one attached hydrogen (secondary N) is 2. The van der Waals surface area contributed by atoms with E-state index in [0.717, 1.165) is 5.56 Å². The molecule has 0 aliphatic heterocycles. The first-order valence-electron chi connectivity index (χ1n) is 9.13. The molecule has 8 heteroatoms. The average Bonchev–Trinajstić information content (AvgIpc) is 2.72. The molecule has 1 aromatic heterocycles. The van der Waals surface area contributed by atoms with E-state index in [1.807, 2.05) is 44.2 Å². The van der Waals surface area contributed by atoms with Crippen LogP contribution in [0.1, 0.15) is 35.0 Å². The molecule has 0 spiro atoms. The van der Waals surface area contributed by atoms with Crippen LogP contribution in [-0.2, 0) is 0 Å². The lowest BCUT2D eigenvalue weighted by Crippen LogP contribution is -2.23. The Hall–Kier alpha value is -3.26. The molecule has 0 fully saturated rings. The zero-order valence-corrected chi connectivity index (χ0v) is 17.0. The lowest BCUT2D eigenvalue weighted by atomic mass is 10.2. The third kappa shape index (κ3) is 5.17. The van der Waals surface area contributed by atoms with Crippen LogP contribution < -0.4 is 21.3 Å². The minimum absolute atomic E-state index is 0.0317. The van der Waals surface area contributed by atoms with Gasteiger partial charge in [-0.05, 0) is 43.7 Å². The van der Waals surface area contributed by atoms with Gasteiger partial charge < -0.3 is 15.8 Å². The maximum Gasteiger partial charge on any atom is 0.277 e. The first-order valence-corrected chi connectivity index (χ1v) is 10.0. The molecule has 0 aliphatic rings. The molecule has 4 N–H and O–H groups in total. The molecule has 0 radical (unpaired) electrons. The summed E-state index contributed by atoms with van der Waals surface area (Å²) < 4.78 is 5.35. The van der Waals surface area contributed by atoms with Gasteiger partial charge in [0.2, 0.25) is 0 Å². The molecule has 0 unspecified atom stereocenters. The van der Waals surface area contributed by atoms with Crippen molar-refractivity contribution < 1.29 is 9.53 Å². The molecule has 3 rings (SSSR count). The van der Waals surface area contributed by atoms with Crippen molar-refractivity contribution in [2.45, 2.75) is 24.3 Å². The first kappa shape index (κ1) is 20.5. The number of nitrogens with zero attached hydrogens (tertiary/aromatic N) is 1. The Bertz CT molecular complexity index is 1040. The third-order valence-corrected chi connectivity index (χ3v) is 5.19. The van der Waals surface area contributed by atoms with Gasteiger partial charge in [-0.15, -0.1) is 0 Å². The van der Waals surface area contributed by atoms with Crippen molar-refractivity contribution in [1.82, 2.24) is 9.97 Å². The van der Waals surface area contributed by atoms with Gasteiger partial charge in [-0.3, -0.25) is 14.6 Å². The largest absolute Gasteiger partial charge is 0.494 e. The lowest BCUT2D eigenvalue weighted by molar-refractivity contribution is 0.102. The highest BCUT2D eigenvalue weighted by Crippen LogP contribution is 2.32. The van der Waals surface area contributed by atoms with E-state index in [9.17, 15) is 9.59 Å². The highest BCUT2D eigenvalue weighted by molar-refractivity contribution is 7.99. The minimum Gasteiger partial charge on any atom is -0.494 e. The zero-order valence-electron chi connectivity index (χ0n) is 16.1. The molecule has 150 valence electrons. The highest BCUT2D eigenvalue weighted by atomic mass is 32.2. The van der Waals surface area contributed by atoms with Crippen LogP contribution in [0, 0.1) is 0 Å². The number of nitrogens with two attached hydrogens (primary N) is 1. The molecule has 0 bridgehead atoms. The van der Waals surface area contributed by atoms with Gasteiger partial charge in [-0.1, -0.05) is 42.1 Å². The van der Waals surface area contributed by atoms with Crippen LogP contribution in [0.2, 0.25) is 0 Å². The van der Waals surface area contributed by atoms with E-state index in [1.54, 1.807) is 24.3 Å². The number of rotatable bonds is 7. The molecule has 0 saturated carbocycles. The number of hydrogen-bond acceptors (Lipinski definition) is 6. The lowest BCUT2D eigenvalue weighted by Gasteiger charge is -2.12. The quantitative estimate of drug-likeness (QED) is 0.403. The summed E-state index contributed by atoms with van der Waals surface area (Å²) in [5, 5.41) is 3.00. The molecule has 2 aromatic carbocycles. The summed E-state index contributed by atoms with van der Waals surface area (Å²) in [6.07, 6.45) is 0. The number of amides is 1. The summed E-state index contributed by atoms with van der Waals surface area (Å²) >= 11 is 1.38. The van der Waals surface area contributed by atoms with Crippen molar-refractivity contribution >= 4 is 29.2 Å². The molecule has 3 aromatic rings. The Labute approximate surface area is 172 Å². The predicted molar refractivity (Wildman–Crippen MR) is 116 cm³/mol. The first-order chi connectivity index (χ1) is 14.0. The summed E-state index contributed by atoms with van der Waals surface area (Å²) in [5.74, 6) is 0.179. The SMILES string of the molecule is CCOc1ccc(C(=O)Nc2c(N)nc(S[C@@H](C)c3ccccc3)[nH]c2=O)cc1. The van der Waals surface area contributed by atoms with Crippen LogP contribution in [-0.4, -0.2) is 22.5 Å². The van der Waals surface area contributed by atoms with Crippen molar-refractivity contribution in [2.24, 2.45) is 0 Å². The third-order valence-electron chi connectivity index (χ3n) is 4.15. The number of thioether (sulfide) groups is 1. The van der Waals surface area contributed by atoms with Gasteiger partial charge in [0, 0.05) is 10.8 Å². The van der Waals surface area contributed by atoms with E-state index in [-0.39, 0.29) is 16.8 Å². The van der Waals surface area contributed by atoms with Crippen LogP contribution in [0.4, 0.5) is 11.5 Å². The fraction of sp³-hybridized carbons (Fsp3) is 0.190. The van der Waals surface area contributed by atoms with Gasteiger partial charge in [0.05, 0.1) is 6.61 Å².